The number of hydrogen-bond acceptors (Lipinski definition) is 4. The standard InChI is InChI=1S/C19H26FN3O2S/c1-26(24,25)23-11-4-2-3-7-18(23)15-9-12-22(13-10-15)19-8-5-6-17(20)16(19)14-21/h5-6,8,15,18H,2-4,7,9-13H2,1H3. The fraction of sp³-hybridized carbons (Fsp3) is 0.632. The van der Waals surface area contributed by atoms with Crippen molar-refractivity contribution in [3.05, 3.63) is 29.6 Å². The number of hydrogen-bond donors (Lipinski definition) is 0. The van der Waals surface area contributed by atoms with Crippen molar-refractivity contribution in [2.75, 3.05) is 30.8 Å². The lowest BCUT2D eigenvalue weighted by Gasteiger charge is -2.40. The molecule has 7 heteroatoms. The van der Waals surface area contributed by atoms with E-state index in [0.717, 1.165) is 51.6 Å². The van der Waals surface area contributed by atoms with E-state index in [1.807, 2.05) is 6.07 Å². The van der Waals surface area contributed by atoms with Crippen LogP contribution >= 0.6 is 0 Å². The number of benzene rings is 1. The number of rotatable bonds is 3. The van der Waals surface area contributed by atoms with Gasteiger partial charge in [-0.1, -0.05) is 18.9 Å². The molecule has 1 aromatic carbocycles. The summed E-state index contributed by atoms with van der Waals surface area (Å²) >= 11 is 0. The summed E-state index contributed by atoms with van der Waals surface area (Å²) in [6.07, 6.45) is 7.02. The van der Waals surface area contributed by atoms with Gasteiger partial charge in [0, 0.05) is 25.7 Å². The van der Waals surface area contributed by atoms with Crippen LogP contribution in [-0.2, 0) is 10.0 Å². The minimum Gasteiger partial charge on any atom is -0.370 e. The van der Waals surface area contributed by atoms with E-state index in [1.165, 1.54) is 12.3 Å². The second-order valence-electron chi connectivity index (χ2n) is 7.36. The lowest BCUT2D eigenvalue weighted by molar-refractivity contribution is 0.206. The second-order valence-corrected chi connectivity index (χ2v) is 9.30. The molecule has 0 N–H and O–H groups in total. The summed E-state index contributed by atoms with van der Waals surface area (Å²) in [5, 5.41) is 9.25. The molecule has 2 saturated heterocycles. The largest absolute Gasteiger partial charge is 0.370 e. The molecule has 0 bridgehead atoms. The predicted molar refractivity (Wildman–Crippen MR) is 99.9 cm³/mol. The second kappa shape index (κ2) is 7.93. The molecular formula is C19H26FN3O2S. The Kier molecular flexibility index (Phi) is 5.83. The van der Waals surface area contributed by atoms with Crippen LogP contribution in [0.2, 0.25) is 0 Å². The molecular weight excluding hydrogens is 353 g/mol. The van der Waals surface area contributed by atoms with Crippen LogP contribution in [0.5, 0.6) is 0 Å². The molecule has 0 spiro atoms. The lowest BCUT2D eigenvalue weighted by atomic mass is 9.86. The summed E-state index contributed by atoms with van der Waals surface area (Å²) in [7, 11) is -3.20. The number of sulfonamides is 1. The van der Waals surface area contributed by atoms with Gasteiger partial charge in [-0.05, 0) is 43.7 Å². The zero-order valence-electron chi connectivity index (χ0n) is 15.2. The minimum atomic E-state index is -3.20. The quantitative estimate of drug-likeness (QED) is 0.809. The minimum absolute atomic E-state index is 0.0672. The zero-order chi connectivity index (χ0) is 18.7. The van der Waals surface area contributed by atoms with Gasteiger partial charge in [-0.2, -0.15) is 9.57 Å². The van der Waals surface area contributed by atoms with E-state index in [2.05, 4.69) is 4.90 Å². The summed E-state index contributed by atoms with van der Waals surface area (Å²) < 4.78 is 40.1. The third kappa shape index (κ3) is 4.02. The van der Waals surface area contributed by atoms with Crippen LogP contribution in [0.1, 0.15) is 44.1 Å². The van der Waals surface area contributed by atoms with Gasteiger partial charge < -0.3 is 4.90 Å². The maximum Gasteiger partial charge on any atom is 0.211 e. The average molecular weight is 380 g/mol. The zero-order valence-corrected chi connectivity index (χ0v) is 16.0. The summed E-state index contributed by atoms with van der Waals surface area (Å²) in [5.74, 6) is -0.169. The monoisotopic (exact) mass is 379 g/mol. The Bertz CT molecular complexity index is 782. The molecule has 0 aromatic heterocycles. The summed E-state index contributed by atoms with van der Waals surface area (Å²) in [4.78, 5) is 2.06. The molecule has 0 radical (unpaired) electrons. The van der Waals surface area contributed by atoms with Gasteiger partial charge in [0.25, 0.3) is 0 Å². The Morgan fingerprint density at radius 3 is 2.50 bits per heavy atom. The first-order valence-corrected chi connectivity index (χ1v) is 11.2. The predicted octanol–water partition coefficient (Wildman–Crippen LogP) is 3.12. The van der Waals surface area contributed by atoms with Crippen molar-refractivity contribution in [1.82, 2.24) is 4.31 Å². The van der Waals surface area contributed by atoms with Crippen LogP contribution in [0.4, 0.5) is 10.1 Å². The molecule has 1 atom stereocenters. The van der Waals surface area contributed by atoms with Gasteiger partial charge in [-0.15, -0.1) is 0 Å². The number of anilines is 1. The summed E-state index contributed by atoms with van der Waals surface area (Å²) in [6.45, 7) is 2.06. The third-order valence-corrected chi connectivity index (χ3v) is 7.01. The Labute approximate surface area is 155 Å². The molecule has 0 saturated carbocycles. The first-order chi connectivity index (χ1) is 12.4. The van der Waals surface area contributed by atoms with Crippen molar-refractivity contribution < 1.29 is 12.8 Å². The highest BCUT2D eigenvalue weighted by molar-refractivity contribution is 7.88. The molecule has 1 unspecified atom stereocenters. The van der Waals surface area contributed by atoms with Crippen LogP contribution in [0, 0.1) is 23.1 Å². The number of halogens is 1. The van der Waals surface area contributed by atoms with Gasteiger partial charge in [-0.25, -0.2) is 12.8 Å². The van der Waals surface area contributed by atoms with E-state index in [0.29, 0.717) is 18.2 Å². The third-order valence-electron chi connectivity index (χ3n) is 5.70. The van der Waals surface area contributed by atoms with Gasteiger partial charge in [0.1, 0.15) is 17.4 Å². The maximum absolute atomic E-state index is 13.9. The normalized spacial score (nSPS) is 23.4. The maximum atomic E-state index is 13.9. The highest BCUT2D eigenvalue weighted by atomic mass is 32.2. The number of nitriles is 1. The van der Waals surface area contributed by atoms with Crippen molar-refractivity contribution in [2.24, 2.45) is 5.92 Å². The average Bonchev–Trinajstić information content (AvgIpc) is 2.87. The molecule has 142 valence electrons. The molecule has 0 amide bonds. The highest BCUT2D eigenvalue weighted by Gasteiger charge is 2.35. The van der Waals surface area contributed by atoms with E-state index in [9.17, 15) is 18.1 Å². The van der Waals surface area contributed by atoms with Gasteiger partial charge in [0.2, 0.25) is 10.0 Å². The summed E-state index contributed by atoms with van der Waals surface area (Å²) in [6, 6.07) is 6.77. The van der Waals surface area contributed by atoms with Gasteiger partial charge >= 0.3 is 0 Å². The Balaban J connectivity index is 1.74. The van der Waals surface area contributed by atoms with Gasteiger partial charge in [-0.3, -0.25) is 0 Å². The molecule has 2 aliphatic rings. The van der Waals surface area contributed by atoms with Crippen LogP contribution in [0.25, 0.3) is 0 Å². The molecule has 2 fully saturated rings. The molecule has 5 nitrogen and oxygen atoms in total. The molecule has 1 aromatic rings. The molecule has 2 aliphatic heterocycles. The van der Waals surface area contributed by atoms with Crippen LogP contribution < -0.4 is 4.90 Å². The van der Waals surface area contributed by atoms with Crippen molar-refractivity contribution in [1.29, 1.82) is 5.26 Å². The van der Waals surface area contributed by atoms with Gasteiger partial charge in [0.05, 0.1) is 11.9 Å². The molecule has 26 heavy (non-hydrogen) atoms. The van der Waals surface area contributed by atoms with Gasteiger partial charge in [0.15, 0.2) is 0 Å². The highest BCUT2D eigenvalue weighted by Crippen LogP contribution is 2.34. The topological polar surface area (TPSA) is 64.4 Å². The van der Waals surface area contributed by atoms with Crippen molar-refractivity contribution in [3.8, 4) is 6.07 Å². The number of nitrogens with zero attached hydrogens (tertiary/aromatic N) is 3. The SMILES string of the molecule is CS(=O)(=O)N1CCCCCC1C1CCN(c2cccc(F)c2C#N)CC1. The van der Waals surface area contributed by atoms with E-state index in [4.69, 9.17) is 0 Å². The fourth-order valence-electron chi connectivity index (χ4n) is 4.40. The molecule has 0 aliphatic carbocycles. The van der Waals surface area contributed by atoms with E-state index < -0.39 is 15.8 Å². The van der Waals surface area contributed by atoms with Crippen LogP contribution in [0.15, 0.2) is 18.2 Å². The molecule has 3 rings (SSSR count). The fourth-order valence-corrected chi connectivity index (χ4v) is 5.63. The first-order valence-electron chi connectivity index (χ1n) is 9.32. The molecule has 2 heterocycles. The van der Waals surface area contributed by atoms with E-state index in [1.54, 1.807) is 16.4 Å². The van der Waals surface area contributed by atoms with E-state index in [-0.39, 0.29) is 11.6 Å². The smallest absolute Gasteiger partial charge is 0.211 e. The lowest BCUT2D eigenvalue weighted by Crippen LogP contribution is -2.47. The van der Waals surface area contributed by atoms with Crippen molar-refractivity contribution >= 4 is 15.7 Å². The van der Waals surface area contributed by atoms with Crippen LogP contribution in [-0.4, -0.2) is 44.7 Å². The Morgan fingerprint density at radius 1 is 1.12 bits per heavy atom. The number of piperidine rings is 1. The van der Waals surface area contributed by atoms with Crippen molar-refractivity contribution in [3.63, 3.8) is 0 Å². The van der Waals surface area contributed by atoms with Crippen LogP contribution in [0.3, 0.4) is 0 Å². The van der Waals surface area contributed by atoms with Crippen molar-refractivity contribution in [2.45, 2.75) is 44.6 Å². The first kappa shape index (κ1) is 19.1. The Morgan fingerprint density at radius 2 is 1.85 bits per heavy atom. The van der Waals surface area contributed by atoms with E-state index >= 15 is 0 Å². The Hall–Kier alpha value is -1.65. The summed E-state index contributed by atoms with van der Waals surface area (Å²) in [5.41, 5.74) is 0.741.